The number of hydrogen-bond donors (Lipinski definition) is 2. The smallest absolute Gasteiger partial charge is 0.240 e. The van der Waals surface area contributed by atoms with Crippen LogP contribution >= 0.6 is 11.6 Å². The number of nitrogens with two attached hydrogens (primary N) is 1. The molecule has 1 rings (SSSR count). The average molecular weight is 305 g/mol. The van der Waals surface area contributed by atoms with E-state index in [4.69, 9.17) is 17.3 Å². The molecule has 19 heavy (non-hydrogen) atoms. The number of hydrogen-bond acceptors (Lipinski definition) is 3. The van der Waals surface area contributed by atoms with Gasteiger partial charge in [-0.25, -0.2) is 13.1 Å². The van der Waals surface area contributed by atoms with Crippen LogP contribution in [0, 0.1) is 12.8 Å². The summed E-state index contributed by atoms with van der Waals surface area (Å²) in [5, 5.41) is 0.521. The van der Waals surface area contributed by atoms with Gasteiger partial charge in [0.05, 0.1) is 4.90 Å². The molecule has 0 aliphatic carbocycles. The molecule has 0 aliphatic rings. The van der Waals surface area contributed by atoms with Gasteiger partial charge in [0.2, 0.25) is 10.0 Å². The Labute approximate surface area is 120 Å². The van der Waals surface area contributed by atoms with Gasteiger partial charge in [-0.1, -0.05) is 25.4 Å². The molecule has 0 heterocycles. The summed E-state index contributed by atoms with van der Waals surface area (Å²) < 4.78 is 26.8. The van der Waals surface area contributed by atoms with Crippen LogP contribution in [0.3, 0.4) is 0 Å². The first-order valence-corrected chi connectivity index (χ1v) is 8.10. The van der Waals surface area contributed by atoms with Gasteiger partial charge in [-0.2, -0.15) is 0 Å². The van der Waals surface area contributed by atoms with E-state index >= 15 is 0 Å². The van der Waals surface area contributed by atoms with Gasteiger partial charge < -0.3 is 5.73 Å². The van der Waals surface area contributed by atoms with Crippen LogP contribution in [0.5, 0.6) is 0 Å². The van der Waals surface area contributed by atoms with Crippen molar-refractivity contribution in [3.63, 3.8) is 0 Å². The highest BCUT2D eigenvalue weighted by Gasteiger charge is 2.18. The third-order valence-corrected chi connectivity index (χ3v) is 4.56. The van der Waals surface area contributed by atoms with E-state index in [1.54, 1.807) is 19.1 Å². The molecule has 1 unspecified atom stereocenters. The average Bonchev–Trinajstić information content (AvgIpc) is 2.25. The van der Waals surface area contributed by atoms with Crippen molar-refractivity contribution in [2.24, 2.45) is 11.7 Å². The van der Waals surface area contributed by atoms with Gasteiger partial charge in [0.15, 0.2) is 0 Å². The van der Waals surface area contributed by atoms with Crippen LogP contribution in [-0.2, 0) is 10.0 Å². The summed E-state index contributed by atoms with van der Waals surface area (Å²) in [4.78, 5) is 0.244. The second-order valence-electron chi connectivity index (χ2n) is 5.15. The van der Waals surface area contributed by atoms with Crippen LogP contribution in [0.25, 0.3) is 0 Å². The molecule has 0 radical (unpaired) electrons. The van der Waals surface area contributed by atoms with Crippen LogP contribution < -0.4 is 10.5 Å². The first-order chi connectivity index (χ1) is 8.72. The molecule has 0 aromatic heterocycles. The van der Waals surface area contributed by atoms with Crippen LogP contribution in [0.1, 0.15) is 25.8 Å². The fourth-order valence-electron chi connectivity index (χ4n) is 1.90. The number of benzene rings is 1. The first kappa shape index (κ1) is 16.4. The molecule has 3 N–H and O–H groups in total. The van der Waals surface area contributed by atoms with Crippen LogP contribution in [0.2, 0.25) is 5.02 Å². The fourth-order valence-corrected chi connectivity index (χ4v) is 3.44. The lowest BCUT2D eigenvalue weighted by Gasteiger charge is -2.15. The maximum atomic E-state index is 12.1. The second kappa shape index (κ2) is 6.70. The molecule has 108 valence electrons. The molecule has 0 aliphatic heterocycles. The van der Waals surface area contributed by atoms with E-state index in [9.17, 15) is 8.42 Å². The minimum Gasteiger partial charge on any atom is -0.327 e. The molecule has 6 heteroatoms. The number of rotatable bonds is 6. The van der Waals surface area contributed by atoms with Gasteiger partial charge in [-0.3, -0.25) is 0 Å². The maximum absolute atomic E-state index is 12.1. The standard InChI is InChI=1S/C13H21ClN2O2S/c1-9(2)6-12(15)8-16-19(17,18)13-5-4-11(14)7-10(13)3/h4-5,7,9,12,16H,6,8,15H2,1-3H3. The largest absolute Gasteiger partial charge is 0.327 e. The summed E-state index contributed by atoms with van der Waals surface area (Å²) in [7, 11) is -3.53. The summed E-state index contributed by atoms with van der Waals surface area (Å²) in [6, 6.07) is 4.53. The molecule has 1 atom stereocenters. The molecule has 0 amide bonds. The highest BCUT2D eigenvalue weighted by molar-refractivity contribution is 7.89. The van der Waals surface area contributed by atoms with Crippen molar-refractivity contribution in [1.29, 1.82) is 0 Å². The van der Waals surface area contributed by atoms with Crippen molar-refractivity contribution in [3.8, 4) is 0 Å². The zero-order valence-electron chi connectivity index (χ0n) is 11.5. The zero-order valence-corrected chi connectivity index (χ0v) is 13.1. The molecule has 1 aromatic carbocycles. The van der Waals surface area contributed by atoms with Gasteiger partial charge in [-0.05, 0) is 43.0 Å². The lowest BCUT2D eigenvalue weighted by atomic mass is 10.1. The molecular formula is C13H21ClN2O2S. The van der Waals surface area contributed by atoms with Crippen molar-refractivity contribution in [2.75, 3.05) is 6.54 Å². The van der Waals surface area contributed by atoms with E-state index in [1.807, 2.05) is 0 Å². The van der Waals surface area contributed by atoms with Crippen LogP contribution in [-0.4, -0.2) is 21.0 Å². The minimum atomic E-state index is -3.53. The van der Waals surface area contributed by atoms with Crippen LogP contribution in [0.4, 0.5) is 0 Å². The summed E-state index contributed by atoms with van der Waals surface area (Å²) in [5.74, 6) is 0.441. The molecule has 0 saturated carbocycles. The van der Waals surface area contributed by atoms with Gasteiger partial charge in [0, 0.05) is 17.6 Å². The third kappa shape index (κ3) is 5.10. The quantitative estimate of drug-likeness (QED) is 0.847. The Morgan fingerprint density at radius 3 is 2.53 bits per heavy atom. The van der Waals surface area contributed by atoms with Gasteiger partial charge >= 0.3 is 0 Å². The Kier molecular flexibility index (Phi) is 5.80. The van der Waals surface area contributed by atoms with Crippen molar-refractivity contribution in [1.82, 2.24) is 4.72 Å². The topological polar surface area (TPSA) is 72.2 Å². The first-order valence-electron chi connectivity index (χ1n) is 6.23. The summed E-state index contributed by atoms with van der Waals surface area (Å²) in [6.07, 6.45) is 0.780. The Bertz CT molecular complexity index is 529. The number of halogens is 1. The highest BCUT2D eigenvalue weighted by atomic mass is 35.5. The van der Waals surface area contributed by atoms with Gasteiger partial charge in [-0.15, -0.1) is 0 Å². The Hall–Kier alpha value is -0.620. The number of aryl methyl sites for hydroxylation is 1. The lowest BCUT2D eigenvalue weighted by Crippen LogP contribution is -2.38. The normalized spacial score (nSPS) is 13.8. The molecule has 1 aromatic rings. The lowest BCUT2D eigenvalue weighted by molar-refractivity contribution is 0.485. The molecule has 0 bridgehead atoms. The van der Waals surface area contributed by atoms with E-state index in [0.717, 1.165) is 6.42 Å². The molecular weight excluding hydrogens is 284 g/mol. The van der Waals surface area contributed by atoms with Gasteiger partial charge in [0.1, 0.15) is 0 Å². The number of sulfonamides is 1. The van der Waals surface area contributed by atoms with Crippen molar-refractivity contribution in [2.45, 2.75) is 38.1 Å². The molecule has 0 spiro atoms. The minimum absolute atomic E-state index is 0.178. The summed E-state index contributed by atoms with van der Waals surface area (Å²) in [6.45, 7) is 6.06. The molecule has 4 nitrogen and oxygen atoms in total. The maximum Gasteiger partial charge on any atom is 0.240 e. The third-order valence-electron chi connectivity index (χ3n) is 2.74. The van der Waals surface area contributed by atoms with E-state index in [0.29, 0.717) is 16.5 Å². The predicted molar refractivity (Wildman–Crippen MR) is 78.8 cm³/mol. The van der Waals surface area contributed by atoms with Crippen molar-refractivity contribution < 1.29 is 8.42 Å². The van der Waals surface area contributed by atoms with Crippen molar-refractivity contribution in [3.05, 3.63) is 28.8 Å². The van der Waals surface area contributed by atoms with Crippen LogP contribution in [0.15, 0.2) is 23.1 Å². The van der Waals surface area contributed by atoms with E-state index in [1.165, 1.54) is 6.07 Å². The second-order valence-corrected chi connectivity index (χ2v) is 7.32. The summed E-state index contributed by atoms with van der Waals surface area (Å²) in [5.41, 5.74) is 6.50. The predicted octanol–water partition coefficient (Wildman–Crippen LogP) is 2.30. The highest BCUT2D eigenvalue weighted by Crippen LogP contribution is 2.19. The van der Waals surface area contributed by atoms with Gasteiger partial charge in [0.25, 0.3) is 0 Å². The van der Waals surface area contributed by atoms with E-state index < -0.39 is 10.0 Å². The van der Waals surface area contributed by atoms with E-state index in [-0.39, 0.29) is 17.5 Å². The SMILES string of the molecule is Cc1cc(Cl)ccc1S(=O)(=O)NCC(N)CC(C)C. The van der Waals surface area contributed by atoms with Crippen molar-refractivity contribution >= 4 is 21.6 Å². The number of nitrogens with one attached hydrogen (secondary N) is 1. The summed E-state index contributed by atoms with van der Waals surface area (Å²) >= 11 is 5.82. The van der Waals surface area contributed by atoms with E-state index in [2.05, 4.69) is 18.6 Å². The monoisotopic (exact) mass is 304 g/mol. The molecule has 0 fully saturated rings. The Morgan fingerprint density at radius 1 is 1.37 bits per heavy atom. The zero-order chi connectivity index (χ0) is 14.6. The Balaban J connectivity index is 2.76. The Morgan fingerprint density at radius 2 is 2.00 bits per heavy atom. The molecule has 0 saturated heterocycles. The fraction of sp³-hybridized carbons (Fsp3) is 0.538.